The summed E-state index contributed by atoms with van der Waals surface area (Å²) in [6.45, 7) is 6.51. The molecule has 1 heterocycles. The largest absolute Gasteiger partial charge is 0.342 e. The van der Waals surface area contributed by atoms with Crippen LogP contribution in [0.1, 0.15) is 43.0 Å². The summed E-state index contributed by atoms with van der Waals surface area (Å²) in [6, 6.07) is 11.4. The minimum Gasteiger partial charge on any atom is -0.342 e. The summed E-state index contributed by atoms with van der Waals surface area (Å²) in [5.41, 5.74) is 0.950. The van der Waals surface area contributed by atoms with E-state index in [-0.39, 0.29) is 23.5 Å². The molecule has 11 heteroatoms. The Morgan fingerprint density at radius 3 is 2.41 bits per heavy atom. The Hall–Kier alpha value is -2.26. The second-order valence-corrected chi connectivity index (χ2v) is 9.89. The van der Waals surface area contributed by atoms with Crippen molar-refractivity contribution in [3.63, 3.8) is 0 Å². The number of carbonyl (C=O) groups excluding carboxylic acids is 2. The van der Waals surface area contributed by atoms with Gasteiger partial charge in [0.25, 0.3) is 5.91 Å². The number of rotatable bonds is 9. The molecule has 7 nitrogen and oxygen atoms in total. The number of hydrogen-bond donors (Lipinski definition) is 2. The molecule has 34 heavy (non-hydrogen) atoms. The lowest BCUT2D eigenvalue weighted by atomic mass is 10.0. The molecule has 0 bridgehead atoms. The zero-order valence-corrected chi connectivity index (χ0v) is 21.9. The van der Waals surface area contributed by atoms with Crippen molar-refractivity contribution in [2.45, 2.75) is 38.5 Å². The lowest BCUT2D eigenvalue weighted by Gasteiger charge is -2.22. The van der Waals surface area contributed by atoms with Gasteiger partial charge in [0.2, 0.25) is 5.91 Å². The Balaban J connectivity index is 1.72. The van der Waals surface area contributed by atoms with Crippen LogP contribution in [-0.2, 0) is 11.3 Å². The third-order valence-electron chi connectivity index (χ3n) is 4.95. The van der Waals surface area contributed by atoms with Crippen molar-refractivity contribution >= 4 is 64.1 Å². The standard InChI is InChI=1S/C23H24Cl3N5O2S/c1-4-31-21(20(13(2)3)28-22(33)15-7-5-6-8-16(15)24)29-30-23(31)34-12-19(32)27-14-9-10-17(25)18(26)11-14/h5-11,13,20H,4,12H2,1-3H3,(H,27,32)(H,28,33)/t20-/m0/s1. The molecule has 0 unspecified atom stereocenters. The van der Waals surface area contributed by atoms with Gasteiger partial charge in [0, 0.05) is 12.2 Å². The van der Waals surface area contributed by atoms with Crippen LogP contribution in [0.15, 0.2) is 47.6 Å². The molecule has 0 aliphatic heterocycles. The average Bonchev–Trinajstić information content (AvgIpc) is 3.21. The molecule has 0 spiro atoms. The van der Waals surface area contributed by atoms with E-state index in [1.807, 2.05) is 25.3 Å². The molecular weight excluding hydrogens is 517 g/mol. The zero-order chi connectivity index (χ0) is 24.8. The highest BCUT2D eigenvalue weighted by atomic mass is 35.5. The van der Waals surface area contributed by atoms with Gasteiger partial charge in [-0.05, 0) is 43.2 Å². The van der Waals surface area contributed by atoms with Crippen molar-refractivity contribution in [2.24, 2.45) is 5.92 Å². The van der Waals surface area contributed by atoms with E-state index in [0.717, 1.165) is 0 Å². The lowest BCUT2D eigenvalue weighted by molar-refractivity contribution is -0.113. The third-order valence-corrected chi connectivity index (χ3v) is 6.98. The van der Waals surface area contributed by atoms with Crippen LogP contribution < -0.4 is 10.6 Å². The first kappa shape index (κ1) is 26.3. The highest BCUT2D eigenvalue weighted by Gasteiger charge is 2.26. The molecule has 1 atom stereocenters. The Bertz CT molecular complexity index is 1190. The molecule has 0 aliphatic rings. The molecule has 0 radical (unpaired) electrons. The number of aromatic nitrogens is 3. The molecule has 2 amide bonds. The highest BCUT2D eigenvalue weighted by Crippen LogP contribution is 2.27. The molecule has 0 aliphatic carbocycles. The van der Waals surface area contributed by atoms with E-state index in [0.29, 0.717) is 43.8 Å². The quantitative estimate of drug-likeness (QED) is 0.319. The van der Waals surface area contributed by atoms with E-state index in [1.54, 1.807) is 42.5 Å². The lowest BCUT2D eigenvalue weighted by Crippen LogP contribution is -2.34. The fraction of sp³-hybridized carbons (Fsp3) is 0.304. The number of nitrogens with zero attached hydrogens (tertiary/aromatic N) is 3. The minimum absolute atomic E-state index is 0.0386. The first-order chi connectivity index (χ1) is 16.2. The van der Waals surface area contributed by atoms with Gasteiger partial charge in [-0.3, -0.25) is 9.59 Å². The van der Waals surface area contributed by atoms with Crippen LogP contribution in [0.4, 0.5) is 5.69 Å². The summed E-state index contributed by atoms with van der Waals surface area (Å²) in [4.78, 5) is 25.3. The molecule has 2 aromatic carbocycles. The van der Waals surface area contributed by atoms with Crippen LogP contribution in [0.25, 0.3) is 0 Å². The summed E-state index contributed by atoms with van der Waals surface area (Å²) in [5, 5.41) is 16.2. The number of thioether (sulfide) groups is 1. The summed E-state index contributed by atoms with van der Waals surface area (Å²) in [6.07, 6.45) is 0. The van der Waals surface area contributed by atoms with Gasteiger partial charge in [-0.1, -0.05) is 72.5 Å². The Kier molecular flexibility index (Phi) is 9.24. The summed E-state index contributed by atoms with van der Waals surface area (Å²) in [7, 11) is 0. The Morgan fingerprint density at radius 2 is 1.76 bits per heavy atom. The van der Waals surface area contributed by atoms with Crippen LogP contribution >= 0.6 is 46.6 Å². The van der Waals surface area contributed by atoms with Gasteiger partial charge < -0.3 is 15.2 Å². The van der Waals surface area contributed by atoms with Crippen molar-refractivity contribution in [3.05, 3.63) is 68.9 Å². The van der Waals surface area contributed by atoms with Crippen LogP contribution in [-0.4, -0.2) is 32.3 Å². The second-order valence-electron chi connectivity index (χ2n) is 7.73. The van der Waals surface area contributed by atoms with Crippen LogP contribution in [0.5, 0.6) is 0 Å². The molecule has 1 aromatic heterocycles. The van der Waals surface area contributed by atoms with Gasteiger partial charge in [0.1, 0.15) is 0 Å². The summed E-state index contributed by atoms with van der Waals surface area (Å²) >= 11 is 19.4. The fourth-order valence-electron chi connectivity index (χ4n) is 3.23. The maximum atomic E-state index is 12.9. The SMILES string of the molecule is CCn1c(SCC(=O)Nc2ccc(Cl)c(Cl)c2)nnc1[C@@H](NC(=O)c1ccccc1Cl)C(C)C. The van der Waals surface area contributed by atoms with E-state index < -0.39 is 6.04 Å². The van der Waals surface area contributed by atoms with Crippen molar-refractivity contribution in [1.29, 1.82) is 0 Å². The van der Waals surface area contributed by atoms with E-state index in [9.17, 15) is 9.59 Å². The van der Waals surface area contributed by atoms with Crippen molar-refractivity contribution in [1.82, 2.24) is 20.1 Å². The van der Waals surface area contributed by atoms with Crippen LogP contribution in [0.3, 0.4) is 0 Å². The van der Waals surface area contributed by atoms with Gasteiger partial charge >= 0.3 is 0 Å². The van der Waals surface area contributed by atoms with Gasteiger partial charge in [0.15, 0.2) is 11.0 Å². The van der Waals surface area contributed by atoms with Gasteiger partial charge in [-0.2, -0.15) is 0 Å². The van der Waals surface area contributed by atoms with E-state index in [4.69, 9.17) is 34.8 Å². The number of hydrogen-bond acceptors (Lipinski definition) is 5. The number of benzene rings is 2. The number of nitrogens with one attached hydrogen (secondary N) is 2. The van der Waals surface area contributed by atoms with Gasteiger partial charge in [-0.15, -0.1) is 10.2 Å². The minimum atomic E-state index is -0.393. The van der Waals surface area contributed by atoms with Gasteiger partial charge in [-0.25, -0.2) is 0 Å². The Morgan fingerprint density at radius 1 is 1.03 bits per heavy atom. The first-order valence-electron chi connectivity index (χ1n) is 10.6. The predicted molar refractivity (Wildman–Crippen MR) is 138 cm³/mol. The molecule has 180 valence electrons. The van der Waals surface area contributed by atoms with Crippen LogP contribution in [0, 0.1) is 5.92 Å². The zero-order valence-electron chi connectivity index (χ0n) is 18.8. The first-order valence-corrected chi connectivity index (χ1v) is 12.7. The molecule has 0 saturated carbocycles. The maximum absolute atomic E-state index is 12.9. The normalized spacial score (nSPS) is 12.0. The van der Waals surface area contributed by atoms with Crippen molar-refractivity contribution in [2.75, 3.05) is 11.1 Å². The average molecular weight is 541 g/mol. The fourth-order valence-corrected chi connectivity index (χ4v) is 4.56. The van der Waals surface area contributed by atoms with Crippen molar-refractivity contribution < 1.29 is 9.59 Å². The number of anilines is 1. The topological polar surface area (TPSA) is 88.9 Å². The predicted octanol–water partition coefficient (Wildman–Crippen LogP) is 6.12. The second kappa shape index (κ2) is 11.9. The van der Waals surface area contributed by atoms with E-state index >= 15 is 0 Å². The third kappa shape index (κ3) is 6.44. The smallest absolute Gasteiger partial charge is 0.253 e. The number of carbonyl (C=O) groups is 2. The molecular formula is C23H24Cl3N5O2S. The van der Waals surface area contributed by atoms with Gasteiger partial charge in [0.05, 0.1) is 32.4 Å². The van der Waals surface area contributed by atoms with E-state index in [1.165, 1.54) is 11.8 Å². The molecule has 0 saturated heterocycles. The summed E-state index contributed by atoms with van der Waals surface area (Å²) in [5.74, 6) is 0.270. The highest BCUT2D eigenvalue weighted by molar-refractivity contribution is 7.99. The van der Waals surface area contributed by atoms with Crippen LogP contribution in [0.2, 0.25) is 15.1 Å². The molecule has 2 N–H and O–H groups in total. The Labute approximate surface area is 217 Å². The monoisotopic (exact) mass is 539 g/mol. The summed E-state index contributed by atoms with van der Waals surface area (Å²) < 4.78 is 1.90. The number of amides is 2. The number of halogens is 3. The van der Waals surface area contributed by atoms with Crippen molar-refractivity contribution in [3.8, 4) is 0 Å². The molecule has 3 rings (SSSR count). The molecule has 0 fully saturated rings. The maximum Gasteiger partial charge on any atom is 0.253 e. The van der Waals surface area contributed by atoms with E-state index in [2.05, 4.69) is 20.8 Å². The molecule has 3 aromatic rings.